The largest absolute Gasteiger partial charge is 0.483 e. The van der Waals surface area contributed by atoms with Gasteiger partial charge in [0.05, 0.1) is 0 Å². The summed E-state index contributed by atoms with van der Waals surface area (Å²) in [6.07, 6.45) is 12.2. The molecule has 3 heterocycles. The van der Waals surface area contributed by atoms with Crippen molar-refractivity contribution in [1.82, 2.24) is 9.80 Å². The fourth-order valence-corrected chi connectivity index (χ4v) is 7.37. The summed E-state index contributed by atoms with van der Waals surface area (Å²) < 4.78 is 0. The Kier molecular flexibility index (Phi) is 17.2. The van der Waals surface area contributed by atoms with Crippen LogP contribution in [0.4, 0.5) is 0 Å². The van der Waals surface area contributed by atoms with E-state index in [0.717, 1.165) is 42.0 Å². The molecule has 4 rings (SSSR count). The lowest BCUT2D eigenvalue weighted by Gasteiger charge is -2.56. The number of likely N-dealkylation sites (tertiary alicyclic amines) is 1. The first kappa shape index (κ1) is 35.0. The second-order valence-electron chi connectivity index (χ2n) is 10.1. The lowest BCUT2D eigenvalue weighted by Crippen LogP contribution is -2.53. The van der Waals surface area contributed by atoms with Gasteiger partial charge in [-0.15, -0.1) is 29.3 Å². The molecule has 0 radical (unpaired) electrons. The zero-order chi connectivity index (χ0) is 29.2. The Hall–Kier alpha value is -2.00. The minimum atomic E-state index is -0.770. The van der Waals surface area contributed by atoms with Gasteiger partial charge < -0.3 is 20.0 Å². The van der Waals surface area contributed by atoms with Crippen molar-refractivity contribution in [3.63, 3.8) is 0 Å². The van der Waals surface area contributed by atoms with Crippen LogP contribution < -0.4 is 0 Å². The minimum Gasteiger partial charge on any atom is -0.483 e. The van der Waals surface area contributed by atoms with Gasteiger partial charge in [-0.25, -0.2) is 0 Å². The number of hydrogen-bond donors (Lipinski definition) is 2. The van der Waals surface area contributed by atoms with E-state index in [9.17, 15) is 9.90 Å². The van der Waals surface area contributed by atoms with Gasteiger partial charge >= 0.3 is 0 Å². The average Bonchev–Trinajstić information content (AvgIpc) is 3.68. The van der Waals surface area contributed by atoms with E-state index < -0.39 is 5.60 Å². The van der Waals surface area contributed by atoms with Crippen LogP contribution in [0.15, 0.2) is 47.7 Å². The average molecular weight is 579 g/mol. The van der Waals surface area contributed by atoms with Crippen LogP contribution in [0.3, 0.4) is 0 Å². The van der Waals surface area contributed by atoms with E-state index in [1.807, 2.05) is 19.9 Å². The number of thiophene rings is 2. The van der Waals surface area contributed by atoms with E-state index in [4.69, 9.17) is 9.90 Å². The zero-order valence-electron chi connectivity index (χ0n) is 24.4. The van der Waals surface area contributed by atoms with Gasteiger partial charge in [-0.1, -0.05) is 39.0 Å². The molecule has 8 heteroatoms. The Morgan fingerprint density at radius 2 is 1.64 bits per heavy atom. The Bertz CT molecular complexity index is 852. The molecule has 0 atom stereocenters. The van der Waals surface area contributed by atoms with Crippen molar-refractivity contribution >= 4 is 35.6 Å². The summed E-state index contributed by atoms with van der Waals surface area (Å²) in [6.45, 7) is 14.2. The molecule has 1 aliphatic heterocycles. The van der Waals surface area contributed by atoms with Crippen molar-refractivity contribution in [3.05, 3.63) is 57.4 Å². The van der Waals surface area contributed by atoms with Crippen LogP contribution in [-0.4, -0.2) is 66.1 Å². The van der Waals surface area contributed by atoms with Crippen LogP contribution in [0.1, 0.15) is 81.9 Å². The molecule has 2 aromatic rings. The van der Waals surface area contributed by atoms with Gasteiger partial charge in [-0.3, -0.25) is 9.59 Å². The predicted molar refractivity (Wildman–Crippen MR) is 166 cm³/mol. The number of amides is 1. The number of carboxylic acid groups (broad SMARTS) is 1. The molecule has 1 amide bonds. The highest BCUT2D eigenvalue weighted by Crippen LogP contribution is 2.60. The minimum absolute atomic E-state index is 0.250. The second-order valence-corrected chi connectivity index (χ2v) is 12.0. The van der Waals surface area contributed by atoms with Crippen molar-refractivity contribution in [3.8, 4) is 0 Å². The Labute approximate surface area is 244 Å². The van der Waals surface area contributed by atoms with E-state index >= 15 is 0 Å². The van der Waals surface area contributed by atoms with Crippen molar-refractivity contribution in [2.45, 2.75) is 77.7 Å². The molecule has 0 bridgehead atoms. The van der Waals surface area contributed by atoms with Gasteiger partial charge in [0.15, 0.2) is 0 Å². The van der Waals surface area contributed by atoms with Gasteiger partial charge in [0.1, 0.15) is 5.60 Å². The molecule has 2 fully saturated rings. The van der Waals surface area contributed by atoms with Crippen LogP contribution >= 0.6 is 22.7 Å². The number of piperidine rings is 1. The SMILES string of the molecule is C=CCCCCN(C)C=O.CC.CCCN1CCC2(CC1)CC(C(O)(c1cccs1)c1cccs1)C2.O=CO. The molecule has 1 spiro atoms. The molecule has 0 aromatic carbocycles. The highest BCUT2D eigenvalue weighted by atomic mass is 32.1. The number of aliphatic hydroxyl groups is 1. The highest BCUT2D eigenvalue weighted by molar-refractivity contribution is 7.11. The Balaban J connectivity index is 0.000000428. The molecule has 2 aromatic heterocycles. The third-order valence-corrected chi connectivity index (χ3v) is 9.54. The topological polar surface area (TPSA) is 81.1 Å². The van der Waals surface area contributed by atoms with Gasteiger partial charge in [-0.2, -0.15) is 0 Å². The molecular formula is C31H50N2O4S2. The van der Waals surface area contributed by atoms with Crippen LogP contribution in [0.5, 0.6) is 0 Å². The molecule has 220 valence electrons. The fourth-order valence-electron chi connectivity index (χ4n) is 5.47. The van der Waals surface area contributed by atoms with E-state index in [2.05, 4.69) is 53.4 Å². The Morgan fingerprint density at radius 3 is 2.05 bits per heavy atom. The monoisotopic (exact) mass is 578 g/mol. The second kappa shape index (κ2) is 19.1. The summed E-state index contributed by atoms with van der Waals surface area (Å²) in [4.78, 5) is 24.9. The van der Waals surface area contributed by atoms with Crippen LogP contribution in [0, 0.1) is 11.3 Å². The molecule has 0 unspecified atom stereocenters. The molecule has 1 saturated carbocycles. The van der Waals surface area contributed by atoms with Crippen LogP contribution in [-0.2, 0) is 15.2 Å². The summed E-state index contributed by atoms with van der Waals surface area (Å²) in [5.74, 6) is 0.368. The third-order valence-electron chi connectivity index (χ3n) is 7.55. The van der Waals surface area contributed by atoms with Crippen LogP contribution in [0.25, 0.3) is 0 Å². The normalized spacial score (nSPS) is 16.2. The predicted octanol–water partition coefficient (Wildman–Crippen LogP) is 7.11. The third kappa shape index (κ3) is 10.5. The van der Waals surface area contributed by atoms with Gasteiger partial charge in [0, 0.05) is 23.3 Å². The maximum atomic E-state index is 11.7. The van der Waals surface area contributed by atoms with E-state index in [-0.39, 0.29) is 6.47 Å². The first-order valence-corrected chi connectivity index (χ1v) is 16.0. The first-order valence-electron chi connectivity index (χ1n) is 14.3. The number of carbonyl (C=O) groups excluding carboxylic acids is 1. The lowest BCUT2D eigenvalue weighted by atomic mass is 9.53. The van der Waals surface area contributed by atoms with Gasteiger partial charge in [0.2, 0.25) is 6.41 Å². The van der Waals surface area contributed by atoms with Gasteiger partial charge in [-0.05, 0) is 105 Å². The number of rotatable bonds is 11. The molecule has 1 saturated heterocycles. The number of nitrogens with zero attached hydrogens (tertiary/aromatic N) is 2. The van der Waals surface area contributed by atoms with E-state index in [1.165, 1.54) is 51.7 Å². The molecule has 2 N–H and O–H groups in total. The molecule has 1 aliphatic carbocycles. The number of carbonyl (C=O) groups is 2. The number of hydrogen-bond acceptors (Lipinski definition) is 6. The standard InChI is InChI=1S/C20H27NOS2.C8H15NO.C2H6.CH2O2/c1-2-9-21-10-7-19(8-11-21)14-16(15-19)20(22,17-5-3-12-23-17)18-6-4-13-24-18;1-3-4-5-6-7-9(2)8-10;1-2;2-1-3/h3-6,12-13,16,22H,2,7-11,14-15H2,1H3;3,8H,1,4-7H2,2H3;1-2H3;1H,(H,2,3). The fraction of sp³-hybridized carbons (Fsp3) is 0.613. The zero-order valence-corrected chi connectivity index (χ0v) is 26.0. The smallest absolute Gasteiger partial charge is 0.290 e. The maximum absolute atomic E-state index is 11.7. The van der Waals surface area contributed by atoms with Crippen LogP contribution in [0.2, 0.25) is 0 Å². The molecule has 2 aliphatic rings. The molecule has 6 nitrogen and oxygen atoms in total. The Morgan fingerprint density at radius 1 is 1.10 bits per heavy atom. The number of unbranched alkanes of at least 4 members (excludes halogenated alkanes) is 2. The van der Waals surface area contributed by atoms with Crippen molar-refractivity contribution in [2.75, 3.05) is 33.2 Å². The van der Waals surface area contributed by atoms with Gasteiger partial charge in [0.25, 0.3) is 6.47 Å². The van der Waals surface area contributed by atoms with Crippen molar-refractivity contribution in [1.29, 1.82) is 0 Å². The molecule has 39 heavy (non-hydrogen) atoms. The quantitative estimate of drug-likeness (QED) is 0.169. The summed E-state index contributed by atoms with van der Waals surface area (Å²) in [7, 11) is 1.79. The van der Waals surface area contributed by atoms with E-state index in [1.54, 1.807) is 34.6 Å². The summed E-state index contributed by atoms with van der Waals surface area (Å²) in [6, 6.07) is 8.35. The van der Waals surface area contributed by atoms with E-state index in [0.29, 0.717) is 11.3 Å². The highest BCUT2D eigenvalue weighted by Gasteiger charge is 2.55. The van der Waals surface area contributed by atoms with Crippen molar-refractivity contribution < 1.29 is 19.8 Å². The maximum Gasteiger partial charge on any atom is 0.290 e. The lowest BCUT2D eigenvalue weighted by molar-refractivity contribution is -0.123. The molecular weight excluding hydrogens is 528 g/mol. The van der Waals surface area contributed by atoms with Crippen molar-refractivity contribution in [2.24, 2.45) is 11.3 Å². The summed E-state index contributed by atoms with van der Waals surface area (Å²) in [5.41, 5.74) is -0.272. The first-order chi connectivity index (χ1) is 18.9. The number of allylic oxidation sites excluding steroid dienone is 1. The summed E-state index contributed by atoms with van der Waals surface area (Å²) in [5, 5.41) is 22.8. The summed E-state index contributed by atoms with van der Waals surface area (Å²) >= 11 is 3.39.